The summed E-state index contributed by atoms with van der Waals surface area (Å²) in [6.07, 6.45) is 2.43. The van der Waals surface area contributed by atoms with Crippen molar-refractivity contribution in [3.05, 3.63) is 34.9 Å². The lowest BCUT2D eigenvalue weighted by atomic mass is 9.98. The first-order valence-electron chi connectivity index (χ1n) is 7.49. The van der Waals surface area contributed by atoms with Crippen molar-refractivity contribution in [2.75, 3.05) is 13.2 Å². The summed E-state index contributed by atoms with van der Waals surface area (Å²) in [7, 11) is 0. The van der Waals surface area contributed by atoms with Crippen LogP contribution in [0.1, 0.15) is 43.9 Å². The molecule has 0 spiro atoms. The highest BCUT2D eigenvalue weighted by atomic mass is 16.5. The summed E-state index contributed by atoms with van der Waals surface area (Å²) in [4.78, 5) is 0. The van der Waals surface area contributed by atoms with Gasteiger partial charge < -0.3 is 10.1 Å². The summed E-state index contributed by atoms with van der Waals surface area (Å²) in [6.45, 7) is 12.6. The summed E-state index contributed by atoms with van der Waals surface area (Å²) < 4.78 is 5.76. The Morgan fingerprint density at radius 3 is 2.47 bits per heavy atom. The molecule has 2 unspecified atom stereocenters. The van der Waals surface area contributed by atoms with E-state index in [9.17, 15) is 0 Å². The summed E-state index contributed by atoms with van der Waals surface area (Å²) in [5.41, 5.74) is 4.12. The van der Waals surface area contributed by atoms with Crippen molar-refractivity contribution in [1.82, 2.24) is 5.32 Å². The monoisotopic (exact) mass is 263 g/mol. The maximum absolute atomic E-state index is 5.76. The number of hydrogen-bond donors (Lipinski definition) is 1. The van der Waals surface area contributed by atoms with Gasteiger partial charge >= 0.3 is 0 Å². The molecule has 108 valence electrons. The second-order valence-corrected chi connectivity index (χ2v) is 5.34. The van der Waals surface area contributed by atoms with Crippen molar-refractivity contribution < 1.29 is 4.74 Å². The van der Waals surface area contributed by atoms with Crippen LogP contribution < -0.4 is 5.32 Å². The molecule has 1 rings (SSSR count). The van der Waals surface area contributed by atoms with Crippen molar-refractivity contribution in [2.24, 2.45) is 0 Å². The minimum Gasteiger partial charge on any atom is -0.377 e. The van der Waals surface area contributed by atoms with Crippen LogP contribution in [0.2, 0.25) is 0 Å². The van der Waals surface area contributed by atoms with Gasteiger partial charge in [0.15, 0.2) is 0 Å². The van der Waals surface area contributed by atoms with E-state index in [1.807, 2.05) is 0 Å². The molecule has 1 aromatic rings. The SMILES string of the molecule is CCCNC(Cc1ccc(C)c(C)c1)C(C)OCC. The molecule has 0 heterocycles. The number of aryl methyl sites for hydroxylation is 2. The Labute approximate surface area is 118 Å². The van der Waals surface area contributed by atoms with Gasteiger partial charge in [-0.2, -0.15) is 0 Å². The van der Waals surface area contributed by atoms with E-state index in [0.29, 0.717) is 6.04 Å². The van der Waals surface area contributed by atoms with E-state index >= 15 is 0 Å². The average Bonchev–Trinajstić information content (AvgIpc) is 2.39. The molecule has 19 heavy (non-hydrogen) atoms. The van der Waals surface area contributed by atoms with Crippen molar-refractivity contribution in [3.63, 3.8) is 0 Å². The fraction of sp³-hybridized carbons (Fsp3) is 0.647. The van der Waals surface area contributed by atoms with Gasteiger partial charge in [-0.15, -0.1) is 0 Å². The Kier molecular flexibility index (Phi) is 7.11. The highest BCUT2D eigenvalue weighted by Gasteiger charge is 2.17. The van der Waals surface area contributed by atoms with Gasteiger partial charge in [0.2, 0.25) is 0 Å². The minimum atomic E-state index is 0.248. The van der Waals surface area contributed by atoms with Gasteiger partial charge in [0, 0.05) is 12.6 Å². The summed E-state index contributed by atoms with van der Waals surface area (Å²) in [6, 6.07) is 7.14. The second-order valence-electron chi connectivity index (χ2n) is 5.34. The zero-order valence-electron chi connectivity index (χ0n) is 13.1. The molecule has 1 aromatic carbocycles. The van der Waals surface area contributed by atoms with E-state index in [4.69, 9.17) is 4.74 Å². The lowest BCUT2D eigenvalue weighted by Gasteiger charge is -2.25. The molecule has 1 N–H and O–H groups in total. The lowest BCUT2D eigenvalue weighted by molar-refractivity contribution is 0.0476. The van der Waals surface area contributed by atoms with E-state index in [-0.39, 0.29) is 6.10 Å². The highest BCUT2D eigenvalue weighted by Crippen LogP contribution is 2.14. The maximum atomic E-state index is 5.76. The van der Waals surface area contributed by atoms with Crippen LogP contribution in [0.4, 0.5) is 0 Å². The highest BCUT2D eigenvalue weighted by molar-refractivity contribution is 5.30. The smallest absolute Gasteiger partial charge is 0.0703 e. The van der Waals surface area contributed by atoms with Crippen molar-refractivity contribution in [3.8, 4) is 0 Å². The third-order valence-corrected chi connectivity index (χ3v) is 3.68. The maximum Gasteiger partial charge on any atom is 0.0703 e. The Hall–Kier alpha value is -0.860. The standard InChI is InChI=1S/C17H29NO/c1-6-10-18-17(15(5)19-7-2)12-16-9-8-13(3)14(4)11-16/h8-9,11,15,17-18H,6-7,10,12H2,1-5H3. The first kappa shape index (κ1) is 16.2. The van der Waals surface area contributed by atoms with Crippen molar-refractivity contribution in [1.29, 1.82) is 0 Å². The number of hydrogen-bond acceptors (Lipinski definition) is 2. The molecule has 0 aliphatic rings. The molecule has 2 heteroatoms. The lowest BCUT2D eigenvalue weighted by Crippen LogP contribution is -2.42. The van der Waals surface area contributed by atoms with Crippen molar-refractivity contribution in [2.45, 2.75) is 59.6 Å². The minimum absolute atomic E-state index is 0.248. The topological polar surface area (TPSA) is 21.3 Å². The van der Waals surface area contributed by atoms with E-state index in [1.54, 1.807) is 0 Å². The van der Waals surface area contributed by atoms with Crippen LogP contribution in [0.3, 0.4) is 0 Å². The van der Waals surface area contributed by atoms with Gasteiger partial charge in [0.25, 0.3) is 0 Å². The van der Waals surface area contributed by atoms with E-state index < -0.39 is 0 Å². The average molecular weight is 263 g/mol. The molecule has 0 aliphatic carbocycles. The summed E-state index contributed by atoms with van der Waals surface area (Å²) in [5.74, 6) is 0. The molecule has 0 amide bonds. The van der Waals surface area contributed by atoms with Gasteiger partial charge in [-0.3, -0.25) is 0 Å². The Balaban J connectivity index is 2.71. The molecule has 2 atom stereocenters. The molecule has 0 bridgehead atoms. The first-order chi connectivity index (χ1) is 9.08. The van der Waals surface area contributed by atoms with Gasteiger partial charge in [-0.1, -0.05) is 25.1 Å². The fourth-order valence-electron chi connectivity index (χ4n) is 2.30. The molecule has 0 saturated carbocycles. The molecule has 0 fully saturated rings. The normalized spacial score (nSPS) is 14.4. The molecular formula is C17H29NO. The molecule has 2 nitrogen and oxygen atoms in total. The molecule has 0 radical (unpaired) electrons. The summed E-state index contributed by atoms with van der Waals surface area (Å²) in [5, 5.41) is 3.61. The van der Waals surface area contributed by atoms with Crippen LogP contribution in [0, 0.1) is 13.8 Å². The van der Waals surface area contributed by atoms with Gasteiger partial charge in [-0.05, 0) is 63.8 Å². The van der Waals surface area contributed by atoms with Gasteiger partial charge in [-0.25, -0.2) is 0 Å². The second kappa shape index (κ2) is 8.34. The molecule has 0 aromatic heterocycles. The van der Waals surface area contributed by atoms with E-state index in [0.717, 1.165) is 26.0 Å². The van der Waals surface area contributed by atoms with Crippen molar-refractivity contribution >= 4 is 0 Å². The Morgan fingerprint density at radius 1 is 1.16 bits per heavy atom. The predicted molar refractivity (Wildman–Crippen MR) is 82.8 cm³/mol. The Morgan fingerprint density at radius 2 is 1.89 bits per heavy atom. The molecule has 0 saturated heterocycles. The molecule has 0 aliphatic heterocycles. The Bertz CT molecular complexity index is 376. The predicted octanol–water partition coefficient (Wildman–Crippen LogP) is 3.64. The van der Waals surface area contributed by atoms with Crippen LogP contribution in [0.25, 0.3) is 0 Å². The zero-order chi connectivity index (χ0) is 14.3. The first-order valence-corrected chi connectivity index (χ1v) is 7.49. The number of rotatable bonds is 8. The van der Waals surface area contributed by atoms with E-state index in [1.165, 1.54) is 16.7 Å². The summed E-state index contributed by atoms with van der Waals surface area (Å²) >= 11 is 0. The number of benzene rings is 1. The van der Waals surface area contributed by atoms with Crippen LogP contribution in [0.15, 0.2) is 18.2 Å². The third-order valence-electron chi connectivity index (χ3n) is 3.68. The van der Waals surface area contributed by atoms with Crippen LogP contribution in [0.5, 0.6) is 0 Å². The number of nitrogens with one attached hydrogen (secondary N) is 1. The largest absolute Gasteiger partial charge is 0.377 e. The quantitative estimate of drug-likeness (QED) is 0.773. The third kappa shape index (κ3) is 5.33. The van der Waals surface area contributed by atoms with Crippen LogP contribution in [-0.2, 0) is 11.2 Å². The van der Waals surface area contributed by atoms with Crippen LogP contribution >= 0.6 is 0 Å². The van der Waals surface area contributed by atoms with Gasteiger partial charge in [0.05, 0.1) is 6.10 Å². The van der Waals surface area contributed by atoms with E-state index in [2.05, 4.69) is 58.1 Å². The van der Waals surface area contributed by atoms with Gasteiger partial charge in [0.1, 0.15) is 0 Å². The molecular weight excluding hydrogens is 234 g/mol. The van der Waals surface area contributed by atoms with Crippen LogP contribution in [-0.4, -0.2) is 25.3 Å². The number of ether oxygens (including phenoxy) is 1. The fourth-order valence-corrected chi connectivity index (χ4v) is 2.30. The zero-order valence-corrected chi connectivity index (χ0v) is 13.1.